The third kappa shape index (κ3) is 4.42. The van der Waals surface area contributed by atoms with Gasteiger partial charge in [-0.25, -0.2) is 0 Å². The minimum atomic E-state index is -0.487. The first-order chi connectivity index (χ1) is 12.7. The predicted octanol–water partition coefficient (Wildman–Crippen LogP) is 4.92. The fraction of sp³-hybridized carbons (Fsp3) is 0.261. The van der Waals surface area contributed by atoms with E-state index in [2.05, 4.69) is 30.4 Å². The lowest BCUT2D eigenvalue weighted by atomic mass is 10.0. The molecule has 1 amide bonds. The van der Waals surface area contributed by atoms with Crippen LogP contribution in [0, 0.1) is 0 Å². The fourth-order valence-corrected chi connectivity index (χ4v) is 2.99. The number of benzene rings is 3. The lowest BCUT2D eigenvalue weighted by Gasteiger charge is -2.19. The Balaban J connectivity index is 1.61. The van der Waals surface area contributed by atoms with Gasteiger partial charge < -0.3 is 10.1 Å². The topological polar surface area (TPSA) is 38.3 Å². The Hall–Kier alpha value is -2.81. The maximum atomic E-state index is 12.5. The molecule has 3 aromatic rings. The maximum Gasteiger partial charge on any atom is 0.261 e. The van der Waals surface area contributed by atoms with E-state index in [0.29, 0.717) is 13.0 Å². The summed E-state index contributed by atoms with van der Waals surface area (Å²) in [5, 5.41) is 5.30. The van der Waals surface area contributed by atoms with Crippen LogP contribution in [0.1, 0.15) is 31.7 Å². The second-order valence-corrected chi connectivity index (χ2v) is 6.58. The van der Waals surface area contributed by atoms with Crippen molar-refractivity contribution in [1.29, 1.82) is 0 Å². The number of amides is 1. The summed E-state index contributed by atoms with van der Waals surface area (Å²) in [6, 6.07) is 24.3. The summed E-state index contributed by atoms with van der Waals surface area (Å²) in [5.74, 6) is 0.920. The summed E-state index contributed by atoms with van der Waals surface area (Å²) in [6.45, 7) is 4.67. The number of fused-ring (bicyclic) bond motifs is 1. The molecular formula is C23H25NO2. The highest BCUT2D eigenvalue weighted by Crippen LogP contribution is 2.22. The van der Waals surface area contributed by atoms with Crippen LogP contribution in [0.25, 0.3) is 10.8 Å². The van der Waals surface area contributed by atoms with Crippen molar-refractivity contribution in [2.24, 2.45) is 0 Å². The third-order valence-electron chi connectivity index (χ3n) is 4.61. The number of ether oxygens (including phenoxy) is 1. The van der Waals surface area contributed by atoms with Gasteiger partial charge in [0, 0.05) is 6.54 Å². The van der Waals surface area contributed by atoms with Crippen molar-refractivity contribution in [3.8, 4) is 5.75 Å². The zero-order chi connectivity index (χ0) is 18.4. The summed E-state index contributed by atoms with van der Waals surface area (Å²) in [7, 11) is 0. The third-order valence-corrected chi connectivity index (χ3v) is 4.61. The molecule has 0 radical (unpaired) electrons. The Bertz CT molecular complexity index is 860. The minimum Gasteiger partial charge on any atom is -0.481 e. The first-order valence-corrected chi connectivity index (χ1v) is 9.15. The maximum absolute atomic E-state index is 12.5. The van der Waals surface area contributed by atoms with Gasteiger partial charge in [-0.1, -0.05) is 74.5 Å². The zero-order valence-corrected chi connectivity index (χ0v) is 15.3. The summed E-state index contributed by atoms with van der Waals surface area (Å²) in [5.41, 5.74) is 1.22. The molecular weight excluding hydrogens is 322 g/mol. The molecule has 0 aliphatic carbocycles. The lowest BCUT2D eigenvalue weighted by molar-refractivity contribution is -0.128. The summed E-state index contributed by atoms with van der Waals surface area (Å²) in [6.07, 6.45) is 0.136. The van der Waals surface area contributed by atoms with Gasteiger partial charge in [-0.15, -0.1) is 0 Å². The van der Waals surface area contributed by atoms with Crippen molar-refractivity contribution in [2.75, 3.05) is 6.54 Å². The number of nitrogens with one attached hydrogen (secondary N) is 1. The predicted molar refractivity (Wildman–Crippen MR) is 107 cm³/mol. The molecule has 26 heavy (non-hydrogen) atoms. The van der Waals surface area contributed by atoms with Gasteiger partial charge in [0.25, 0.3) is 5.91 Å². The Labute approximate surface area is 155 Å². The van der Waals surface area contributed by atoms with Gasteiger partial charge in [0.1, 0.15) is 5.75 Å². The van der Waals surface area contributed by atoms with E-state index in [1.165, 1.54) is 5.56 Å². The van der Waals surface area contributed by atoms with E-state index < -0.39 is 6.10 Å². The van der Waals surface area contributed by atoms with Crippen LogP contribution in [0.15, 0.2) is 72.8 Å². The van der Waals surface area contributed by atoms with E-state index in [9.17, 15) is 4.79 Å². The van der Waals surface area contributed by atoms with E-state index in [1.54, 1.807) is 0 Å². The molecule has 0 aromatic heterocycles. The smallest absolute Gasteiger partial charge is 0.261 e. The summed E-state index contributed by atoms with van der Waals surface area (Å²) < 4.78 is 5.96. The molecule has 3 rings (SSSR count). The highest BCUT2D eigenvalue weighted by molar-refractivity contribution is 5.84. The van der Waals surface area contributed by atoms with Crippen molar-refractivity contribution in [3.63, 3.8) is 0 Å². The molecule has 0 aliphatic heterocycles. The average Bonchev–Trinajstić information content (AvgIpc) is 2.70. The number of carbonyl (C=O) groups excluding carboxylic acids is 1. The first kappa shape index (κ1) is 18.0. The number of hydrogen-bond acceptors (Lipinski definition) is 2. The van der Waals surface area contributed by atoms with Crippen LogP contribution in [0.3, 0.4) is 0 Å². The van der Waals surface area contributed by atoms with Gasteiger partial charge in [-0.05, 0) is 40.8 Å². The zero-order valence-electron chi connectivity index (χ0n) is 15.3. The van der Waals surface area contributed by atoms with Crippen LogP contribution in [-0.4, -0.2) is 18.6 Å². The fourth-order valence-electron chi connectivity index (χ4n) is 2.99. The van der Waals surface area contributed by atoms with Gasteiger partial charge in [0.15, 0.2) is 6.10 Å². The van der Waals surface area contributed by atoms with Gasteiger partial charge in [-0.3, -0.25) is 4.79 Å². The number of hydrogen-bond donors (Lipinski definition) is 1. The van der Waals surface area contributed by atoms with Crippen molar-refractivity contribution in [1.82, 2.24) is 5.32 Å². The van der Waals surface area contributed by atoms with Crippen LogP contribution in [0.2, 0.25) is 0 Å². The largest absolute Gasteiger partial charge is 0.481 e. The molecule has 0 aliphatic rings. The highest BCUT2D eigenvalue weighted by Gasteiger charge is 2.19. The molecule has 1 N–H and O–H groups in total. The van der Waals surface area contributed by atoms with Crippen LogP contribution in [-0.2, 0) is 4.79 Å². The van der Waals surface area contributed by atoms with Crippen molar-refractivity contribution >= 4 is 16.7 Å². The van der Waals surface area contributed by atoms with E-state index >= 15 is 0 Å². The average molecular weight is 347 g/mol. The highest BCUT2D eigenvalue weighted by atomic mass is 16.5. The molecule has 3 nitrogen and oxygen atoms in total. The van der Waals surface area contributed by atoms with Crippen LogP contribution in [0.5, 0.6) is 5.75 Å². The van der Waals surface area contributed by atoms with Crippen molar-refractivity contribution in [2.45, 2.75) is 32.3 Å². The van der Waals surface area contributed by atoms with Gasteiger partial charge >= 0.3 is 0 Å². The van der Waals surface area contributed by atoms with Crippen LogP contribution < -0.4 is 10.1 Å². The molecule has 0 heterocycles. The monoisotopic (exact) mass is 347 g/mol. The summed E-state index contributed by atoms with van der Waals surface area (Å²) in [4.78, 5) is 12.5. The molecule has 3 heteroatoms. The summed E-state index contributed by atoms with van der Waals surface area (Å²) >= 11 is 0. The van der Waals surface area contributed by atoms with Gasteiger partial charge in [0.05, 0.1) is 0 Å². The number of carbonyl (C=O) groups is 1. The van der Waals surface area contributed by atoms with E-state index in [4.69, 9.17) is 4.74 Å². The molecule has 2 atom stereocenters. The molecule has 0 saturated carbocycles. The van der Waals surface area contributed by atoms with Crippen molar-refractivity contribution < 1.29 is 9.53 Å². The van der Waals surface area contributed by atoms with Crippen LogP contribution >= 0.6 is 0 Å². The second kappa shape index (κ2) is 8.52. The van der Waals surface area contributed by atoms with Gasteiger partial charge in [0.2, 0.25) is 0 Å². The first-order valence-electron chi connectivity index (χ1n) is 9.15. The number of rotatable bonds is 7. The Morgan fingerprint density at radius 1 is 0.962 bits per heavy atom. The second-order valence-electron chi connectivity index (χ2n) is 6.58. The SMILES string of the molecule is CC[C@@H](Oc1ccc2ccccc2c1)C(=O)NC[C@H](C)c1ccccc1. The molecule has 134 valence electrons. The van der Waals surface area contributed by atoms with E-state index in [0.717, 1.165) is 16.5 Å². The quantitative estimate of drug-likeness (QED) is 0.659. The molecule has 0 fully saturated rings. The molecule has 0 spiro atoms. The Morgan fingerprint density at radius 2 is 1.65 bits per heavy atom. The van der Waals surface area contributed by atoms with Crippen LogP contribution in [0.4, 0.5) is 0 Å². The minimum absolute atomic E-state index is 0.0663. The molecule has 3 aromatic carbocycles. The standard InChI is InChI=1S/C23H25NO2/c1-3-22(23(25)24-16-17(2)18-9-5-4-6-10-18)26-21-14-13-19-11-7-8-12-20(19)15-21/h4-15,17,22H,3,16H2,1-2H3,(H,24,25)/t17-,22+/m0/s1. The molecule has 0 unspecified atom stereocenters. The lowest BCUT2D eigenvalue weighted by Crippen LogP contribution is -2.39. The molecule has 0 saturated heterocycles. The molecule has 0 bridgehead atoms. The normalized spacial score (nSPS) is 13.2. The van der Waals surface area contributed by atoms with Gasteiger partial charge in [-0.2, -0.15) is 0 Å². The van der Waals surface area contributed by atoms with E-state index in [-0.39, 0.29) is 11.8 Å². The van der Waals surface area contributed by atoms with Crippen molar-refractivity contribution in [3.05, 3.63) is 78.4 Å². The Kier molecular flexibility index (Phi) is 5.90. The Morgan fingerprint density at radius 3 is 2.38 bits per heavy atom. The van der Waals surface area contributed by atoms with E-state index in [1.807, 2.05) is 61.5 Å².